The molecule has 0 fully saturated rings. The lowest BCUT2D eigenvalue weighted by molar-refractivity contribution is 0.280. The van der Waals surface area contributed by atoms with Gasteiger partial charge in [-0.2, -0.15) is 0 Å². The Labute approximate surface area is 69.0 Å². The minimum absolute atomic E-state index is 0.727. The van der Waals surface area contributed by atoms with Crippen LogP contribution in [0.1, 0.15) is 0 Å². The van der Waals surface area contributed by atoms with Crippen LogP contribution in [-0.2, 0) is 9.05 Å². The smallest absolute Gasteiger partial charge is 0.0632 e. The van der Waals surface area contributed by atoms with Crippen molar-refractivity contribution in [1.82, 2.24) is 4.67 Å². The number of rotatable bonds is 6. The molecule has 6 heteroatoms. The average Bonchev–Trinajstić information content (AvgIpc) is 1.97. The number of hydrogen-bond acceptors (Lipinski definition) is 3. The van der Waals surface area contributed by atoms with E-state index in [1.165, 1.54) is 0 Å². The van der Waals surface area contributed by atoms with Crippen LogP contribution in [0.2, 0.25) is 0 Å². The van der Waals surface area contributed by atoms with Crippen molar-refractivity contribution >= 4 is 28.3 Å². The van der Waals surface area contributed by atoms with Gasteiger partial charge in [0.25, 0.3) is 0 Å². The molecule has 0 aromatic rings. The first-order valence-corrected chi connectivity index (χ1v) is 4.40. The summed E-state index contributed by atoms with van der Waals surface area (Å²) < 4.78 is 11.7. The zero-order valence-electron chi connectivity index (χ0n) is 5.82. The Morgan fingerprint density at radius 1 is 1.00 bits per heavy atom. The Morgan fingerprint density at radius 3 is 1.70 bits per heavy atom. The minimum atomic E-state index is 0.727. The van der Waals surface area contributed by atoms with E-state index in [0.29, 0.717) is 0 Å². The lowest BCUT2D eigenvalue weighted by Gasteiger charge is -2.13. The highest BCUT2D eigenvalue weighted by Gasteiger charge is 1.95. The number of hydrogen-bond donors (Lipinski definition) is 0. The standard InChI is InChI=1S/C4H14NO2P3/c8-5(1-3-6-9)2-4-7-10/h1-4,8-10H2. The molecule has 0 bridgehead atoms. The molecular formula is C4H14NO2P3. The van der Waals surface area contributed by atoms with Crippen LogP contribution >= 0.6 is 28.3 Å². The molecule has 0 aliphatic carbocycles. The van der Waals surface area contributed by atoms with E-state index >= 15 is 0 Å². The Hall–Kier alpha value is 1.17. The van der Waals surface area contributed by atoms with Crippen LogP contribution in [0.25, 0.3) is 0 Å². The highest BCUT2D eigenvalue weighted by molar-refractivity contribution is 7.13. The summed E-state index contributed by atoms with van der Waals surface area (Å²) in [6, 6.07) is 0. The SMILES string of the molecule is POCCN(P)CCOP. The molecule has 0 rings (SSSR count). The third kappa shape index (κ3) is 7.28. The maximum Gasteiger partial charge on any atom is 0.0632 e. The van der Waals surface area contributed by atoms with Crippen molar-refractivity contribution in [3.8, 4) is 0 Å². The van der Waals surface area contributed by atoms with E-state index < -0.39 is 0 Å². The van der Waals surface area contributed by atoms with Crippen LogP contribution in [0.4, 0.5) is 0 Å². The predicted molar refractivity (Wildman–Crippen MR) is 52.6 cm³/mol. The monoisotopic (exact) mass is 201 g/mol. The third-order valence-electron chi connectivity index (χ3n) is 0.993. The molecule has 0 aliphatic rings. The van der Waals surface area contributed by atoms with Gasteiger partial charge in [-0.3, -0.25) is 4.67 Å². The van der Waals surface area contributed by atoms with Crippen LogP contribution in [0, 0.1) is 0 Å². The molecule has 3 nitrogen and oxygen atoms in total. The van der Waals surface area contributed by atoms with Gasteiger partial charge in [-0.1, -0.05) is 9.39 Å². The van der Waals surface area contributed by atoms with Gasteiger partial charge in [0.2, 0.25) is 0 Å². The van der Waals surface area contributed by atoms with Gasteiger partial charge in [0.1, 0.15) is 0 Å². The highest BCUT2D eigenvalue weighted by Crippen LogP contribution is 1.99. The fourth-order valence-electron chi connectivity index (χ4n) is 0.452. The summed E-state index contributed by atoms with van der Waals surface area (Å²) in [4.78, 5) is 0. The molecule has 0 aliphatic heterocycles. The summed E-state index contributed by atoms with van der Waals surface area (Å²) in [5.74, 6) is 0. The summed E-state index contributed by atoms with van der Waals surface area (Å²) in [7, 11) is 7.06. The van der Waals surface area contributed by atoms with Gasteiger partial charge in [-0.25, -0.2) is 0 Å². The molecule has 0 saturated carbocycles. The normalized spacial score (nSPS) is 10.8. The first-order chi connectivity index (χ1) is 4.81. The molecule has 0 N–H and O–H groups in total. The van der Waals surface area contributed by atoms with Crippen molar-refractivity contribution in [1.29, 1.82) is 0 Å². The first kappa shape index (κ1) is 11.2. The topological polar surface area (TPSA) is 21.7 Å². The molecule has 62 valence electrons. The molecule has 0 amide bonds. The second-order valence-electron chi connectivity index (χ2n) is 1.78. The second kappa shape index (κ2) is 8.27. The first-order valence-electron chi connectivity index (χ1n) is 2.94. The molecule has 3 atom stereocenters. The highest BCUT2D eigenvalue weighted by atomic mass is 31.0. The summed E-state index contributed by atoms with van der Waals surface area (Å²) in [5.41, 5.74) is 0. The number of nitrogens with zero attached hydrogens (tertiary/aromatic N) is 1. The van der Waals surface area contributed by atoms with Crippen molar-refractivity contribution in [3.63, 3.8) is 0 Å². The summed E-state index contributed by atoms with van der Waals surface area (Å²) >= 11 is 0. The molecular weight excluding hydrogens is 187 g/mol. The Bertz CT molecular complexity index is 67.5. The maximum atomic E-state index is 4.81. The van der Waals surface area contributed by atoms with E-state index in [2.05, 4.69) is 33.0 Å². The Kier molecular flexibility index (Phi) is 9.24. The lowest BCUT2D eigenvalue weighted by Crippen LogP contribution is -2.19. The lowest BCUT2D eigenvalue weighted by atomic mass is 10.6. The molecule has 0 saturated heterocycles. The van der Waals surface area contributed by atoms with Crippen LogP contribution in [0.15, 0.2) is 0 Å². The maximum absolute atomic E-state index is 4.81. The van der Waals surface area contributed by atoms with E-state index in [4.69, 9.17) is 9.05 Å². The summed E-state index contributed by atoms with van der Waals surface area (Å²) in [6.45, 7) is 3.26. The van der Waals surface area contributed by atoms with Crippen LogP contribution in [0.5, 0.6) is 0 Å². The van der Waals surface area contributed by atoms with Crippen LogP contribution in [0.3, 0.4) is 0 Å². The molecule has 0 radical (unpaired) electrons. The Morgan fingerprint density at radius 2 is 1.40 bits per heavy atom. The predicted octanol–water partition coefficient (Wildman–Crippen LogP) is 0.692. The van der Waals surface area contributed by atoms with Gasteiger partial charge >= 0.3 is 0 Å². The van der Waals surface area contributed by atoms with Gasteiger partial charge in [0.05, 0.1) is 13.2 Å². The summed E-state index contributed by atoms with van der Waals surface area (Å²) in [5, 5.41) is 0. The van der Waals surface area contributed by atoms with Gasteiger partial charge in [0.15, 0.2) is 0 Å². The molecule has 0 aromatic heterocycles. The third-order valence-corrected chi connectivity index (χ3v) is 1.98. The van der Waals surface area contributed by atoms with Gasteiger partial charge in [-0.05, 0) is 0 Å². The van der Waals surface area contributed by atoms with E-state index in [9.17, 15) is 0 Å². The van der Waals surface area contributed by atoms with Crippen LogP contribution in [-0.4, -0.2) is 31.0 Å². The van der Waals surface area contributed by atoms with E-state index in [-0.39, 0.29) is 0 Å². The van der Waals surface area contributed by atoms with E-state index in [1.54, 1.807) is 0 Å². The Balaban J connectivity index is 3.00. The largest absolute Gasteiger partial charge is 0.364 e. The minimum Gasteiger partial charge on any atom is -0.364 e. The van der Waals surface area contributed by atoms with Crippen molar-refractivity contribution < 1.29 is 9.05 Å². The van der Waals surface area contributed by atoms with Gasteiger partial charge < -0.3 is 9.05 Å². The van der Waals surface area contributed by atoms with Gasteiger partial charge in [-0.15, -0.1) is 0 Å². The van der Waals surface area contributed by atoms with Crippen molar-refractivity contribution in [2.75, 3.05) is 26.3 Å². The summed E-state index contributed by atoms with van der Waals surface area (Å²) in [6.07, 6.45) is 0. The fraction of sp³-hybridized carbons (Fsp3) is 1.00. The average molecular weight is 201 g/mol. The fourth-order valence-corrected chi connectivity index (χ4v) is 0.873. The quantitative estimate of drug-likeness (QED) is 0.590. The van der Waals surface area contributed by atoms with Crippen molar-refractivity contribution in [3.05, 3.63) is 0 Å². The molecule has 10 heavy (non-hydrogen) atoms. The molecule has 3 unspecified atom stereocenters. The molecule has 0 heterocycles. The van der Waals surface area contributed by atoms with E-state index in [1.807, 2.05) is 0 Å². The van der Waals surface area contributed by atoms with E-state index in [0.717, 1.165) is 26.3 Å². The molecule has 0 aromatic carbocycles. The second-order valence-corrected chi connectivity index (χ2v) is 3.17. The van der Waals surface area contributed by atoms with Crippen molar-refractivity contribution in [2.45, 2.75) is 0 Å². The zero-order chi connectivity index (χ0) is 7.82. The zero-order valence-corrected chi connectivity index (χ0v) is 9.29. The van der Waals surface area contributed by atoms with Crippen LogP contribution < -0.4 is 0 Å². The van der Waals surface area contributed by atoms with Gasteiger partial charge in [0, 0.05) is 32.0 Å². The van der Waals surface area contributed by atoms with Crippen molar-refractivity contribution in [2.24, 2.45) is 0 Å². The molecule has 0 spiro atoms.